The van der Waals surface area contributed by atoms with E-state index < -0.39 is 33.4 Å². The van der Waals surface area contributed by atoms with Crippen molar-refractivity contribution >= 4 is 29.5 Å². The van der Waals surface area contributed by atoms with E-state index in [1.807, 2.05) is 54.3 Å². The van der Waals surface area contributed by atoms with Crippen LogP contribution in [0.15, 0.2) is 54.6 Å². The molecule has 1 spiro atoms. The summed E-state index contributed by atoms with van der Waals surface area (Å²) in [5, 5.41) is 10.6. The Balaban J connectivity index is 1.61. The number of carbonyl (C=O) groups excluding carboxylic acids is 3. The third kappa shape index (κ3) is 4.30. The minimum atomic E-state index is -0.880. The first kappa shape index (κ1) is 27.0. The van der Waals surface area contributed by atoms with E-state index in [9.17, 15) is 19.5 Å². The van der Waals surface area contributed by atoms with Crippen molar-refractivity contribution in [1.29, 1.82) is 0 Å². The highest BCUT2D eigenvalue weighted by atomic mass is 32.2. The summed E-state index contributed by atoms with van der Waals surface area (Å²) < 4.78 is -1.49. The first-order chi connectivity index (χ1) is 18.3. The summed E-state index contributed by atoms with van der Waals surface area (Å²) in [7, 11) is 1.78. The van der Waals surface area contributed by atoms with Crippen LogP contribution in [-0.4, -0.2) is 92.4 Å². The number of hydrogen-bond acceptors (Lipinski definition) is 5. The molecule has 1 unspecified atom stereocenters. The topological polar surface area (TPSA) is 81.2 Å². The first-order valence-corrected chi connectivity index (χ1v) is 14.7. The van der Waals surface area contributed by atoms with Crippen LogP contribution in [-0.2, 0) is 20.8 Å². The molecule has 0 saturated carbocycles. The molecule has 1 aromatic carbocycles. The molecule has 0 radical (unpaired) electrons. The minimum Gasteiger partial charge on any atom is -0.394 e. The Kier molecular flexibility index (Phi) is 7.48. The van der Waals surface area contributed by atoms with Crippen LogP contribution in [0.2, 0.25) is 0 Å². The number of amides is 3. The fourth-order valence-electron chi connectivity index (χ4n) is 6.91. The number of likely N-dealkylation sites (tertiary alicyclic amines) is 1. The minimum absolute atomic E-state index is 0.0608. The van der Waals surface area contributed by atoms with Crippen LogP contribution in [0.3, 0.4) is 0 Å². The van der Waals surface area contributed by atoms with Gasteiger partial charge >= 0.3 is 0 Å². The zero-order valence-corrected chi connectivity index (χ0v) is 23.4. The highest BCUT2D eigenvalue weighted by Crippen LogP contribution is 2.65. The summed E-state index contributed by atoms with van der Waals surface area (Å²) >= 11 is 1.59. The fourth-order valence-corrected chi connectivity index (χ4v) is 9.06. The van der Waals surface area contributed by atoms with Gasteiger partial charge in [0.25, 0.3) is 0 Å². The van der Waals surface area contributed by atoms with E-state index in [1.54, 1.807) is 28.6 Å². The van der Waals surface area contributed by atoms with Crippen molar-refractivity contribution in [2.24, 2.45) is 11.8 Å². The van der Waals surface area contributed by atoms with Crippen LogP contribution >= 0.6 is 11.8 Å². The Morgan fingerprint density at radius 1 is 1.00 bits per heavy atom. The Labute approximate surface area is 229 Å². The summed E-state index contributed by atoms with van der Waals surface area (Å²) in [5.74, 6) is -1.60. The Hall–Kier alpha value is -2.58. The Bertz CT molecular complexity index is 1140. The van der Waals surface area contributed by atoms with Crippen molar-refractivity contribution in [1.82, 2.24) is 14.7 Å². The van der Waals surface area contributed by atoms with Crippen LogP contribution in [0.25, 0.3) is 0 Å². The number of likely N-dealkylation sites (N-methyl/N-ethyl adjacent to an activating group) is 1. The number of aliphatic hydroxyl groups is 1. The molecule has 7 nitrogen and oxygen atoms in total. The summed E-state index contributed by atoms with van der Waals surface area (Å²) in [6, 6.07) is 8.43. The molecule has 38 heavy (non-hydrogen) atoms. The molecule has 4 aliphatic heterocycles. The molecule has 8 heteroatoms. The lowest BCUT2D eigenvalue weighted by atomic mass is 9.74. The van der Waals surface area contributed by atoms with Gasteiger partial charge < -0.3 is 19.8 Å². The number of hydrogen-bond donors (Lipinski definition) is 1. The number of carbonyl (C=O) groups is 3. The van der Waals surface area contributed by atoms with E-state index in [-0.39, 0.29) is 24.3 Å². The van der Waals surface area contributed by atoms with E-state index in [0.29, 0.717) is 26.1 Å². The molecule has 1 N–H and O–H groups in total. The van der Waals surface area contributed by atoms with Crippen LogP contribution in [0.1, 0.15) is 38.7 Å². The molecule has 2 fully saturated rings. The van der Waals surface area contributed by atoms with Gasteiger partial charge in [-0.25, -0.2) is 0 Å². The van der Waals surface area contributed by atoms with Gasteiger partial charge in [-0.1, -0.05) is 74.4 Å². The van der Waals surface area contributed by atoms with Gasteiger partial charge in [-0.3, -0.25) is 14.4 Å². The number of aliphatic hydroxyl groups excluding tert-OH is 1. The molecule has 2 saturated heterocycles. The van der Waals surface area contributed by atoms with Gasteiger partial charge in [-0.2, -0.15) is 0 Å². The molecule has 204 valence electrons. The third-order valence-electron chi connectivity index (χ3n) is 8.73. The van der Waals surface area contributed by atoms with E-state index >= 15 is 0 Å². The molecule has 4 heterocycles. The zero-order valence-electron chi connectivity index (χ0n) is 22.6. The van der Waals surface area contributed by atoms with Gasteiger partial charge in [-0.05, 0) is 25.3 Å². The average molecular weight is 538 g/mol. The summed E-state index contributed by atoms with van der Waals surface area (Å²) in [6.07, 6.45) is 11.6. The lowest BCUT2D eigenvalue weighted by Crippen LogP contribution is -2.57. The molecule has 0 bridgehead atoms. The second-order valence-corrected chi connectivity index (χ2v) is 13.1. The number of thioether (sulfide) groups is 1. The van der Waals surface area contributed by atoms with Crippen LogP contribution in [0.5, 0.6) is 0 Å². The molecule has 1 aromatic rings. The van der Waals surface area contributed by atoms with Gasteiger partial charge in [0.05, 0.1) is 29.2 Å². The smallest absolute Gasteiger partial charge is 0.247 e. The molecule has 5 rings (SSSR count). The maximum absolute atomic E-state index is 14.5. The van der Waals surface area contributed by atoms with Crippen molar-refractivity contribution in [3.63, 3.8) is 0 Å². The van der Waals surface area contributed by atoms with Crippen LogP contribution in [0, 0.1) is 11.8 Å². The predicted octanol–water partition coefficient (Wildman–Crippen LogP) is 2.89. The highest BCUT2D eigenvalue weighted by Gasteiger charge is 2.74. The number of unbranched alkanes of at least 4 members (excludes halogenated alkanes) is 2. The molecular weight excluding hydrogens is 498 g/mol. The van der Waals surface area contributed by atoms with E-state index in [4.69, 9.17) is 0 Å². The molecule has 6 atom stereocenters. The summed E-state index contributed by atoms with van der Waals surface area (Å²) in [6.45, 7) is 5.54. The standard InChI is InChI=1S/C30H39N3O4S/c1-4-5-9-17-32-18-11-15-30-24(23-26(35)31(3)16-10-14-29(23,2)38-30)27(36)33(25(30)28(32)37)22(20-34)19-21-12-7-6-8-13-21/h6-8,10-15,22-25,34H,4-5,9,16-20H2,1-3H3/t22-,23-,24+,25?,29+,30+/m1/s1. The number of nitrogens with zero attached hydrogens (tertiary/aromatic N) is 3. The largest absolute Gasteiger partial charge is 0.394 e. The number of benzene rings is 1. The molecular formula is C30H39N3O4S. The van der Waals surface area contributed by atoms with Crippen molar-refractivity contribution in [3.05, 3.63) is 60.2 Å². The number of rotatable bonds is 8. The SMILES string of the molecule is CCCCCN1CC=C[C@]23S[C@@]4(C)C=CCN(C)C(=O)[C@H]4[C@H]2C(=O)N([C@@H](CO)Cc2ccccc2)C3C1=O. The average Bonchev–Trinajstić information content (AvgIpc) is 3.19. The second-order valence-electron chi connectivity index (χ2n) is 11.3. The van der Waals surface area contributed by atoms with E-state index in [0.717, 1.165) is 24.8 Å². The monoisotopic (exact) mass is 537 g/mol. The normalized spacial score (nSPS) is 33.2. The first-order valence-electron chi connectivity index (χ1n) is 13.8. The summed E-state index contributed by atoms with van der Waals surface area (Å²) in [5.41, 5.74) is 0.993. The predicted molar refractivity (Wildman–Crippen MR) is 149 cm³/mol. The van der Waals surface area contributed by atoms with Crippen LogP contribution in [0.4, 0.5) is 0 Å². The van der Waals surface area contributed by atoms with E-state index in [2.05, 4.69) is 19.1 Å². The maximum Gasteiger partial charge on any atom is 0.247 e. The fraction of sp³-hybridized carbons (Fsp3) is 0.567. The van der Waals surface area contributed by atoms with Crippen LogP contribution < -0.4 is 0 Å². The lowest BCUT2D eigenvalue weighted by molar-refractivity contribution is -0.147. The quantitative estimate of drug-likeness (QED) is 0.408. The third-order valence-corrected chi connectivity index (χ3v) is 10.5. The van der Waals surface area contributed by atoms with Gasteiger partial charge in [-0.15, -0.1) is 11.8 Å². The Morgan fingerprint density at radius 2 is 1.74 bits per heavy atom. The van der Waals surface area contributed by atoms with Gasteiger partial charge in [0.2, 0.25) is 17.7 Å². The van der Waals surface area contributed by atoms with Crippen molar-refractivity contribution in [2.45, 2.75) is 61.1 Å². The number of fused-ring (bicyclic) bond motifs is 2. The van der Waals surface area contributed by atoms with Crippen molar-refractivity contribution in [3.8, 4) is 0 Å². The maximum atomic E-state index is 14.5. The molecule has 4 aliphatic rings. The Morgan fingerprint density at radius 3 is 2.45 bits per heavy atom. The highest BCUT2D eigenvalue weighted by molar-refractivity contribution is 8.02. The molecule has 0 aliphatic carbocycles. The molecule has 0 aromatic heterocycles. The molecule has 3 amide bonds. The second kappa shape index (κ2) is 10.5. The van der Waals surface area contributed by atoms with Crippen molar-refractivity contribution < 1.29 is 19.5 Å². The zero-order chi connectivity index (χ0) is 27.1. The van der Waals surface area contributed by atoms with Crippen molar-refractivity contribution in [2.75, 3.05) is 33.3 Å². The van der Waals surface area contributed by atoms with Gasteiger partial charge in [0.1, 0.15) is 6.04 Å². The van der Waals surface area contributed by atoms with Gasteiger partial charge in [0, 0.05) is 31.4 Å². The van der Waals surface area contributed by atoms with E-state index in [1.165, 1.54) is 0 Å². The summed E-state index contributed by atoms with van der Waals surface area (Å²) in [4.78, 5) is 47.9. The van der Waals surface area contributed by atoms with Gasteiger partial charge in [0.15, 0.2) is 0 Å². The lowest BCUT2D eigenvalue weighted by Gasteiger charge is -2.40.